The Morgan fingerprint density at radius 3 is 2.50 bits per heavy atom. The Morgan fingerprint density at radius 2 is 1.94 bits per heavy atom. The van der Waals surface area contributed by atoms with Crippen molar-refractivity contribution in [3.63, 3.8) is 0 Å². The van der Waals surface area contributed by atoms with Crippen molar-refractivity contribution in [2.45, 2.75) is 24.7 Å². The van der Waals surface area contributed by atoms with Crippen molar-refractivity contribution in [3.8, 4) is 0 Å². The van der Waals surface area contributed by atoms with Crippen molar-refractivity contribution in [2.24, 2.45) is 0 Å². The molecule has 0 aliphatic carbocycles. The molecule has 1 aromatic rings. The number of rotatable bonds is 8. The van der Waals surface area contributed by atoms with E-state index in [0.717, 1.165) is 42.1 Å². The van der Waals surface area contributed by atoms with Gasteiger partial charge in [0.15, 0.2) is 0 Å². The van der Waals surface area contributed by atoms with E-state index in [1.54, 1.807) is 19.2 Å². The fourth-order valence-electron chi connectivity index (χ4n) is 2.00. The zero-order valence-corrected chi connectivity index (χ0v) is 13.8. The van der Waals surface area contributed by atoms with Crippen LogP contribution in [0.5, 0.6) is 0 Å². The lowest BCUT2D eigenvalue weighted by atomic mass is 9.80. The second-order valence-corrected chi connectivity index (χ2v) is 5.63. The Labute approximate surface area is 125 Å². The maximum Gasteiger partial charge on any atom is 0.123 e. The van der Waals surface area contributed by atoms with Gasteiger partial charge in [0, 0.05) is 29.8 Å². The largest absolute Gasteiger partial charge is 0.385 e. The SMILES string of the molecule is COCCCCC(CBr)(CBr)c1cccc(F)c1. The Hall–Kier alpha value is 0.0700. The van der Waals surface area contributed by atoms with Crippen molar-refractivity contribution in [2.75, 3.05) is 24.4 Å². The van der Waals surface area contributed by atoms with E-state index in [1.807, 2.05) is 6.07 Å². The molecule has 1 rings (SSSR count). The van der Waals surface area contributed by atoms with E-state index in [4.69, 9.17) is 4.74 Å². The molecule has 0 unspecified atom stereocenters. The highest BCUT2D eigenvalue weighted by Gasteiger charge is 2.29. The number of hydrogen-bond donors (Lipinski definition) is 0. The van der Waals surface area contributed by atoms with Crippen molar-refractivity contribution >= 4 is 31.9 Å². The average molecular weight is 382 g/mol. The van der Waals surface area contributed by atoms with Crippen LogP contribution < -0.4 is 0 Å². The summed E-state index contributed by atoms with van der Waals surface area (Å²) in [6.07, 6.45) is 3.12. The first-order chi connectivity index (χ1) is 8.68. The van der Waals surface area contributed by atoms with Crippen molar-refractivity contribution in [3.05, 3.63) is 35.6 Å². The lowest BCUT2D eigenvalue weighted by Gasteiger charge is -2.31. The summed E-state index contributed by atoms with van der Waals surface area (Å²) in [6, 6.07) is 6.91. The van der Waals surface area contributed by atoms with E-state index < -0.39 is 0 Å². The average Bonchev–Trinajstić information content (AvgIpc) is 2.40. The Kier molecular flexibility index (Phi) is 7.42. The summed E-state index contributed by atoms with van der Waals surface area (Å²) in [7, 11) is 1.72. The lowest BCUT2D eigenvalue weighted by Crippen LogP contribution is -2.30. The van der Waals surface area contributed by atoms with E-state index in [-0.39, 0.29) is 11.2 Å². The quantitative estimate of drug-likeness (QED) is 0.469. The van der Waals surface area contributed by atoms with Gasteiger partial charge in [-0.2, -0.15) is 0 Å². The summed E-state index contributed by atoms with van der Waals surface area (Å²) >= 11 is 7.16. The zero-order valence-electron chi connectivity index (χ0n) is 10.6. The van der Waals surface area contributed by atoms with Gasteiger partial charge in [-0.15, -0.1) is 0 Å². The first-order valence-corrected chi connectivity index (χ1v) is 8.30. The molecule has 1 nitrogen and oxygen atoms in total. The van der Waals surface area contributed by atoms with Crippen LogP contribution >= 0.6 is 31.9 Å². The third-order valence-corrected chi connectivity index (χ3v) is 5.35. The number of hydrogen-bond acceptors (Lipinski definition) is 1. The van der Waals surface area contributed by atoms with Crippen LogP contribution in [0.3, 0.4) is 0 Å². The van der Waals surface area contributed by atoms with Gasteiger partial charge >= 0.3 is 0 Å². The molecule has 0 N–H and O–H groups in total. The van der Waals surface area contributed by atoms with E-state index in [0.29, 0.717) is 0 Å². The normalized spacial score (nSPS) is 11.8. The predicted molar refractivity (Wildman–Crippen MR) is 81.4 cm³/mol. The third kappa shape index (κ3) is 4.32. The van der Waals surface area contributed by atoms with Crippen LogP contribution in [0.1, 0.15) is 24.8 Å². The van der Waals surface area contributed by atoms with E-state index in [1.165, 1.54) is 6.07 Å². The van der Waals surface area contributed by atoms with Crippen LogP contribution in [-0.4, -0.2) is 24.4 Å². The summed E-state index contributed by atoms with van der Waals surface area (Å²) in [4.78, 5) is 0. The van der Waals surface area contributed by atoms with Crippen LogP contribution in [0, 0.1) is 5.82 Å². The number of benzene rings is 1. The van der Waals surface area contributed by atoms with Gasteiger partial charge in [0.2, 0.25) is 0 Å². The fourth-order valence-corrected chi connectivity index (χ4v) is 4.13. The minimum atomic E-state index is -0.171. The van der Waals surface area contributed by atoms with Crippen LogP contribution in [0.4, 0.5) is 4.39 Å². The van der Waals surface area contributed by atoms with E-state index in [9.17, 15) is 4.39 Å². The maximum atomic E-state index is 13.4. The molecule has 0 aliphatic rings. The van der Waals surface area contributed by atoms with Crippen LogP contribution in [0.15, 0.2) is 24.3 Å². The number of ether oxygens (including phenoxy) is 1. The molecule has 102 valence electrons. The topological polar surface area (TPSA) is 9.23 Å². The van der Waals surface area contributed by atoms with Crippen molar-refractivity contribution < 1.29 is 9.13 Å². The van der Waals surface area contributed by atoms with Gasteiger partial charge in [-0.3, -0.25) is 0 Å². The number of halogens is 3. The zero-order chi connectivity index (χ0) is 13.4. The van der Waals surface area contributed by atoms with E-state index >= 15 is 0 Å². The van der Waals surface area contributed by atoms with Gasteiger partial charge in [-0.1, -0.05) is 50.4 Å². The molecule has 18 heavy (non-hydrogen) atoms. The van der Waals surface area contributed by atoms with Gasteiger partial charge < -0.3 is 4.74 Å². The Morgan fingerprint density at radius 1 is 1.22 bits per heavy atom. The Bertz CT molecular complexity index is 353. The van der Waals surface area contributed by atoms with Gasteiger partial charge in [-0.05, 0) is 30.5 Å². The number of alkyl halides is 2. The third-order valence-electron chi connectivity index (χ3n) is 3.20. The molecule has 0 amide bonds. The van der Waals surface area contributed by atoms with Crippen LogP contribution in [0.2, 0.25) is 0 Å². The van der Waals surface area contributed by atoms with Gasteiger partial charge in [0.05, 0.1) is 0 Å². The van der Waals surface area contributed by atoms with Crippen LogP contribution in [-0.2, 0) is 10.2 Å². The summed E-state index contributed by atoms with van der Waals surface area (Å²) in [5.74, 6) is -0.171. The molecule has 0 atom stereocenters. The summed E-state index contributed by atoms with van der Waals surface area (Å²) in [5, 5.41) is 1.64. The predicted octanol–water partition coefficient (Wildman–Crippen LogP) is 4.67. The van der Waals surface area contributed by atoms with Gasteiger partial charge in [-0.25, -0.2) is 4.39 Å². The highest BCUT2D eigenvalue weighted by Crippen LogP contribution is 2.34. The molecule has 0 saturated carbocycles. The molecule has 4 heteroatoms. The van der Waals surface area contributed by atoms with E-state index in [2.05, 4.69) is 31.9 Å². The summed E-state index contributed by atoms with van der Waals surface area (Å²) in [5.41, 5.74) is 1.00. The number of methoxy groups -OCH3 is 1. The minimum Gasteiger partial charge on any atom is -0.385 e. The fraction of sp³-hybridized carbons (Fsp3) is 0.571. The molecule has 0 saturated heterocycles. The smallest absolute Gasteiger partial charge is 0.123 e. The molecule has 0 radical (unpaired) electrons. The van der Waals surface area contributed by atoms with Crippen molar-refractivity contribution in [1.82, 2.24) is 0 Å². The highest BCUT2D eigenvalue weighted by molar-refractivity contribution is 9.09. The molecule has 0 fully saturated rings. The molecule has 0 heterocycles. The van der Waals surface area contributed by atoms with Crippen LogP contribution in [0.25, 0.3) is 0 Å². The molecule has 0 spiro atoms. The number of unbranched alkanes of at least 4 members (excludes halogenated alkanes) is 1. The standard InChI is InChI=1S/C14H19Br2FO/c1-18-8-3-2-7-14(10-15,11-16)12-5-4-6-13(17)9-12/h4-6,9H,2-3,7-8,10-11H2,1H3. The second kappa shape index (κ2) is 8.28. The van der Waals surface area contributed by atoms with Gasteiger partial charge in [0.1, 0.15) is 5.82 Å². The lowest BCUT2D eigenvalue weighted by molar-refractivity contribution is 0.190. The first kappa shape index (κ1) is 16.1. The summed E-state index contributed by atoms with van der Waals surface area (Å²) in [6.45, 7) is 0.782. The molecule has 1 aromatic carbocycles. The minimum absolute atomic E-state index is 0.0458. The molecular formula is C14H19Br2FO. The summed E-state index contributed by atoms with van der Waals surface area (Å²) < 4.78 is 18.4. The molecule has 0 aromatic heterocycles. The van der Waals surface area contributed by atoms with Crippen molar-refractivity contribution in [1.29, 1.82) is 0 Å². The Balaban J connectivity index is 2.79. The molecule has 0 aliphatic heterocycles. The first-order valence-electron chi connectivity index (χ1n) is 6.05. The highest BCUT2D eigenvalue weighted by atomic mass is 79.9. The monoisotopic (exact) mass is 380 g/mol. The molecular weight excluding hydrogens is 363 g/mol. The second-order valence-electron chi connectivity index (χ2n) is 4.51. The maximum absolute atomic E-state index is 13.4. The molecule has 0 bridgehead atoms. The van der Waals surface area contributed by atoms with Gasteiger partial charge in [0.25, 0.3) is 0 Å².